The minimum atomic E-state index is -0.259. The lowest BCUT2D eigenvalue weighted by Gasteiger charge is -2.06. The Morgan fingerprint density at radius 1 is 1.47 bits per heavy atom. The highest BCUT2D eigenvalue weighted by Crippen LogP contribution is 2.38. The Hall–Kier alpha value is -1.56. The Morgan fingerprint density at radius 3 is 3.05 bits per heavy atom. The Bertz CT molecular complexity index is 583. The van der Waals surface area contributed by atoms with Gasteiger partial charge in [0.15, 0.2) is 0 Å². The molecule has 2 aromatic rings. The van der Waals surface area contributed by atoms with Crippen molar-refractivity contribution in [3.63, 3.8) is 0 Å². The van der Waals surface area contributed by atoms with Crippen molar-refractivity contribution in [2.75, 3.05) is 7.11 Å². The van der Waals surface area contributed by atoms with E-state index in [0.29, 0.717) is 22.6 Å². The summed E-state index contributed by atoms with van der Waals surface area (Å²) in [5.41, 5.74) is 0.810. The van der Waals surface area contributed by atoms with Gasteiger partial charge in [-0.15, -0.1) is 5.10 Å². The van der Waals surface area contributed by atoms with E-state index in [1.54, 1.807) is 13.2 Å². The van der Waals surface area contributed by atoms with Gasteiger partial charge in [-0.2, -0.15) is 0 Å². The third-order valence-corrected chi connectivity index (χ3v) is 3.94. The molecule has 1 aliphatic carbocycles. The number of ether oxygens (including phenoxy) is 1. The van der Waals surface area contributed by atoms with Crippen molar-refractivity contribution in [2.24, 2.45) is 0 Å². The Kier molecular flexibility index (Phi) is 3.42. The van der Waals surface area contributed by atoms with Gasteiger partial charge >= 0.3 is 0 Å². The predicted molar refractivity (Wildman–Crippen MR) is 70.9 cm³/mol. The van der Waals surface area contributed by atoms with Crippen LogP contribution < -0.4 is 4.74 Å². The number of hydrogen-bond donors (Lipinski definition) is 1. The van der Waals surface area contributed by atoms with Crippen molar-refractivity contribution in [1.29, 1.82) is 0 Å². The summed E-state index contributed by atoms with van der Waals surface area (Å²) < 4.78 is 18.4. The molecule has 0 unspecified atom stereocenters. The summed E-state index contributed by atoms with van der Waals surface area (Å²) in [5, 5.41) is 7.82. The van der Waals surface area contributed by atoms with Gasteiger partial charge in [0.1, 0.15) is 17.4 Å². The van der Waals surface area contributed by atoms with Gasteiger partial charge in [0, 0.05) is 17.2 Å². The van der Waals surface area contributed by atoms with Gasteiger partial charge in [-0.05, 0) is 31.0 Å². The van der Waals surface area contributed by atoms with Crippen LogP contribution in [0.1, 0.15) is 30.1 Å². The predicted octanol–water partition coefficient (Wildman–Crippen LogP) is 3.12. The molecule has 1 aromatic heterocycles. The van der Waals surface area contributed by atoms with Gasteiger partial charge < -0.3 is 4.74 Å². The quantitative estimate of drug-likeness (QED) is 0.854. The molecule has 0 bridgehead atoms. The zero-order valence-electron chi connectivity index (χ0n) is 10.5. The number of rotatable bonds is 5. The van der Waals surface area contributed by atoms with Gasteiger partial charge in [0.05, 0.1) is 7.11 Å². The number of aromatic nitrogens is 3. The van der Waals surface area contributed by atoms with Crippen LogP contribution in [0, 0.1) is 5.82 Å². The molecule has 4 nitrogen and oxygen atoms in total. The molecule has 1 heterocycles. The third-order valence-electron chi connectivity index (χ3n) is 3.05. The van der Waals surface area contributed by atoms with E-state index >= 15 is 0 Å². The number of nitrogens with one attached hydrogen (secondary N) is 1. The fourth-order valence-corrected chi connectivity index (χ4v) is 2.65. The van der Waals surface area contributed by atoms with E-state index in [1.165, 1.54) is 36.7 Å². The number of benzene rings is 1. The van der Waals surface area contributed by atoms with E-state index in [2.05, 4.69) is 15.2 Å². The normalized spacial score (nSPS) is 14.6. The summed E-state index contributed by atoms with van der Waals surface area (Å²) >= 11 is 1.48. The van der Waals surface area contributed by atoms with E-state index in [-0.39, 0.29) is 5.82 Å². The molecular formula is C13H14FN3OS. The summed E-state index contributed by atoms with van der Waals surface area (Å²) in [7, 11) is 1.58. The van der Waals surface area contributed by atoms with Crippen molar-refractivity contribution in [3.8, 4) is 5.75 Å². The second-order valence-electron chi connectivity index (χ2n) is 4.52. The highest BCUT2D eigenvalue weighted by molar-refractivity contribution is 7.98. The van der Waals surface area contributed by atoms with E-state index in [1.807, 2.05) is 0 Å². The number of halogens is 1. The summed E-state index contributed by atoms with van der Waals surface area (Å²) in [4.78, 5) is 4.43. The van der Waals surface area contributed by atoms with Crippen molar-refractivity contribution >= 4 is 11.8 Å². The van der Waals surface area contributed by atoms with Gasteiger partial charge in [0.25, 0.3) is 0 Å². The van der Waals surface area contributed by atoms with Crippen LogP contribution in [0.3, 0.4) is 0 Å². The summed E-state index contributed by atoms with van der Waals surface area (Å²) in [5.74, 6) is 2.54. The smallest absolute Gasteiger partial charge is 0.208 e. The lowest BCUT2D eigenvalue weighted by Crippen LogP contribution is -1.92. The lowest BCUT2D eigenvalue weighted by molar-refractivity contribution is 0.410. The van der Waals surface area contributed by atoms with Gasteiger partial charge in [-0.3, -0.25) is 5.10 Å². The van der Waals surface area contributed by atoms with Crippen LogP contribution in [0.4, 0.5) is 4.39 Å². The molecule has 0 aliphatic heterocycles. The number of H-pyrrole nitrogens is 1. The molecule has 19 heavy (non-hydrogen) atoms. The first-order chi connectivity index (χ1) is 9.26. The maximum absolute atomic E-state index is 13.2. The highest BCUT2D eigenvalue weighted by Gasteiger charge is 2.27. The maximum atomic E-state index is 13.2. The summed E-state index contributed by atoms with van der Waals surface area (Å²) in [6, 6.07) is 4.52. The van der Waals surface area contributed by atoms with Crippen LogP contribution >= 0.6 is 11.8 Å². The zero-order chi connectivity index (χ0) is 13.2. The van der Waals surface area contributed by atoms with Crippen LogP contribution in [-0.4, -0.2) is 22.3 Å². The topological polar surface area (TPSA) is 50.8 Å². The van der Waals surface area contributed by atoms with Crippen LogP contribution in [0.5, 0.6) is 5.75 Å². The van der Waals surface area contributed by atoms with Crippen LogP contribution in [0.2, 0.25) is 0 Å². The first-order valence-electron chi connectivity index (χ1n) is 6.14. The molecule has 1 fully saturated rings. The average molecular weight is 279 g/mol. The molecule has 0 radical (unpaired) electrons. The second kappa shape index (κ2) is 5.21. The van der Waals surface area contributed by atoms with E-state index in [9.17, 15) is 4.39 Å². The molecule has 1 N–H and O–H groups in total. The number of hydrogen-bond acceptors (Lipinski definition) is 4. The number of aromatic amines is 1. The SMILES string of the molecule is COc1ccc(F)cc1CSc1n[nH]c(C2CC2)n1. The number of methoxy groups -OCH3 is 1. The molecule has 100 valence electrons. The zero-order valence-corrected chi connectivity index (χ0v) is 11.3. The largest absolute Gasteiger partial charge is 0.496 e. The molecular weight excluding hydrogens is 265 g/mol. The van der Waals surface area contributed by atoms with Gasteiger partial charge in [0.2, 0.25) is 5.16 Å². The molecule has 0 amide bonds. The first-order valence-corrected chi connectivity index (χ1v) is 7.12. The molecule has 0 spiro atoms. The van der Waals surface area contributed by atoms with Crippen molar-refractivity contribution < 1.29 is 9.13 Å². The van der Waals surface area contributed by atoms with Gasteiger partial charge in [-0.1, -0.05) is 11.8 Å². The molecule has 3 rings (SSSR count). The van der Waals surface area contributed by atoms with E-state index < -0.39 is 0 Å². The number of nitrogens with zero attached hydrogens (tertiary/aromatic N) is 2. The van der Waals surface area contributed by atoms with Gasteiger partial charge in [-0.25, -0.2) is 9.37 Å². The average Bonchev–Trinajstić information content (AvgIpc) is 3.16. The minimum absolute atomic E-state index is 0.259. The van der Waals surface area contributed by atoms with E-state index in [0.717, 1.165) is 11.4 Å². The molecule has 6 heteroatoms. The van der Waals surface area contributed by atoms with Crippen LogP contribution in [0.25, 0.3) is 0 Å². The summed E-state index contributed by atoms with van der Waals surface area (Å²) in [6.07, 6.45) is 2.38. The molecule has 1 saturated carbocycles. The maximum Gasteiger partial charge on any atom is 0.208 e. The fourth-order valence-electron chi connectivity index (χ4n) is 1.86. The van der Waals surface area contributed by atoms with E-state index in [4.69, 9.17) is 4.74 Å². The highest BCUT2D eigenvalue weighted by atomic mass is 32.2. The Morgan fingerprint density at radius 2 is 2.32 bits per heavy atom. The number of thioether (sulfide) groups is 1. The molecule has 0 atom stereocenters. The molecule has 1 aromatic carbocycles. The molecule has 1 aliphatic rings. The summed E-state index contributed by atoms with van der Waals surface area (Å²) in [6.45, 7) is 0. The monoisotopic (exact) mass is 279 g/mol. The van der Waals surface area contributed by atoms with Crippen LogP contribution in [-0.2, 0) is 5.75 Å². The third kappa shape index (κ3) is 2.89. The van der Waals surface area contributed by atoms with Crippen LogP contribution in [0.15, 0.2) is 23.4 Å². The minimum Gasteiger partial charge on any atom is -0.496 e. The Labute approximate surface area is 114 Å². The van der Waals surface area contributed by atoms with Crippen molar-refractivity contribution in [1.82, 2.24) is 15.2 Å². The molecule has 0 saturated heterocycles. The second-order valence-corrected chi connectivity index (χ2v) is 5.46. The first kappa shape index (κ1) is 12.5. The standard InChI is InChI=1S/C13H14FN3OS/c1-18-11-5-4-10(14)6-9(11)7-19-13-15-12(16-17-13)8-2-3-8/h4-6,8H,2-3,7H2,1H3,(H,15,16,17). The lowest BCUT2D eigenvalue weighted by atomic mass is 10.2. The Balaban J connectivity index is 1.68. The van der Waals surface area contributed by atoms with Crippen molar-refractivity contribution in [3.05, 3.63) is 35.4 Å². The fraction of sp³-hybridized carbons (Fsp3) is 0.385. The van der Waals surface area contributed by atoms with Crippen molar-refractivity contribution in [2.45, 2.75) is 29.7 Å².